The second-order valence-electron chi connectivity index (χ2n) is 5.68. The Hall–Kier alpha value is -1.84. The second kappa shape index (κ2) is 6.55. The number of benzene rings is 1. The first kappa shape index (κ1) is 14.6. The van der Waals surface area contributed by atoms with E-state index in [1.165, 1.54) is 30.6 Å². The van der Waals surface area contributed by atoms with Gasteiger partial charge in [0.05, 0.1) is 0 Å². The number of nitrogens with zero attached hydrogens (tertiary/aromatic N) is 1. The molecular weight excluding hydrogens is 252 g/mol. The van der Waals surface area contributed by atoms with Crippen LogP contribution in [-0.4, -0.2) is 30.8 Å². The lowest BCUT2D eigenvalue weighted by Crippen LogP contribution is -2.21. The van der Waals surface area contributed by atoms with Crippen molar-refractivity contribution in [3.8, 4) is 0 Å². The first-order chi connectivity index (χ1) is 9.56. The van der Waals surface area contributed by atoms with E-state index in [2.05, 4.69) is 5.32 Å². The minimum Gasteiger partial charge on any atom is -0.345 e. The number of anilines is 1. The number of nitrogens with one attached hydrogen (secondary N) is 1. The van der Waals surface area contributed by atoms with E-state index in [1.54, 1.807) is 38.4 Å². The van der Waals surface area contributed by atoms with Crippen molar-refractivity contribution in [3.63, 3.8) is 0 Å². The highest BCUT2D eigenvalue weighted by Crippen LogP contribution is 2.27. The van der Waals surface area contributed by atoms with E-state index >= 15 is 0 Å². The van der Waals surface area contributed by atoms with Crippen LogP contribution in [0.3, 0.4) is 0 Å². The van der Waals surface area contributed by atoms with Crippen LogP contribution in [0.15, 0.2) is 24.3 Å². The number of amides is 2. The Kier molecular flexibility index (Phi) is 4.77. The Bertz CT molecular complexity index is 474. The molecule has 2 rings (SSSR count). The van der Waals surface area contributed by atoms with Crippen molar-refractivity contribution in [2.24, 2.45) is 5.92 Å². The summed E-state index contributed by atoms with van der Waals surface area (Å²) in [6.07, 6.45) is 5.45. The maximum Gasteiger partial charge on any atom is 0.253 e. The largest absolute Gasteiger partial charge is 0.345 e. The van der Waals surface area contributed by atoms with Gasteiger partial charge >= 0.3 is 0 Å². The molecule has 20 heavy (non-hydrogen) atoms. The molecule has 0 aromatic heterocycles. The predicted octanol–water partition coefficient (Wildman–Crippen LogP) is 2.91. The molecule has 0 radical (unpaired) electrons. The molecular formula is C16H22N2O2. The number of carbonyl (C=O) groups excluding carboxylic acids is 2. The number of hydrogen-bond acceptors (Lipinski definition) is 2. The van der Waals surface area contributed by atoms with Gasteiger partial charge in [-0.2, -0.15) is 0 Å². The summed E-state index contributed by atoms with van der Waals surface area (Å²) in [6, 6.07) is 7.05. The van der Waals surface area contributed by atoms with Crippen LogP contribution in [0.1, 0.15) is 42.5 Å². The van der Waals surface area contributed by atoms with Crippen molar-refractivity contribution in [1.82, 2.24) is 4.90 Å². The van der Waals surface area contributed by atoms with Gasteiger partial charge in [0, 0.05) is 31.8 Å². The highest BCUT2D eigenvalue weighted by molar-refractivity contribution is 5.95. The van der Waals surface area contributed by atoms with E-state index in [-0.39, 0.29) is 11.8 Å². The molecule has 4 nitrogen and oxygen atoms in total. The van der Waals surface area contributed by atoms with Crippen LogP contribution in [-0.2, 0) is 4.79 Å². The fourth-order valence-corrected chi connectivity index (χ4v) is 2.64. The lowest BCUT2D eigenvalue weighted by atomic mass is 10.0. The zero-order valence-corrected chi connectivity index (χ0v) is 12.2. The van der Waals surface area contributed by atoms with E-state index in [0.717, 1.165) is 5.69 Å². The monoisotopic (exact) mass is 274 g/mol. The summed E-state index contributed by atoms with van der Waals surface area (Å²) in [6.45, 7) is 0. The molecule has 0 aliphatic heterocycles. The van der Waals surface area contributed by atoms with Crippen LogP contribution in [0.4, 0.5) is 5.69 Å². The number of rotatable bonds is 4. The Morgan fingerprint density at radius 1 is 1.15 bits per heavy atom. The van der Waals surface area contributed by atoms with Crippen LogP contribution >= 0.6 is 0 Å². The number of carbonyl (C=O) groups is 2. The maximum atomic E-state index is 11.9. The summed E-state index contributed by atoms with van der Waals surface area (Å²) in [5.41, 5.74) is 1.38. The minimum absolute atomic E-state index is 0.0335. The molecule has 1 aliphatic carbocycles. The third kappa shape index (κ3) is 3.83. The Morgan fingerprint density at radius 2 is 1.75 bits per heavy atom. The summed E-state index contributed by atoms with van der Waals surface area (Å²) < 4.78 is 0. The molecule has 2 amide bonds. The Labute approximate surface area is 120 Å². The van der Waals surface area contributed by atoms with Crippen molar-refractivity contribution in [1.29, 1.82) is 0 Å². The van der Waals surface area contributed by atoms with Gasteiger partial charge in [0.1, 0.15) is 0 Å². The molecule has 1 fully saturated rings. The van der Waals surface area contributed by atoms with Gasteiger partial charge in [0.25, 0.3) is 5.91 Å². The normalized spacial score (nSPS) is 15.1. The predicted molar refractivity (Wildman–Crippen MR) is 79.7 cm³/mol. The first-order valence-electron chi connectivity index (χ1n) is 7.18. The molecule has 1 N–H and O–H groups in total. The maximum absolute atomic E-state index is 11.9. The molecule has 0 spiro atoms. The van der Waals surface area contributed by atoms with Gasteiger partial charge in [-0.25, -0.2) is 0 Å². The van der Waals surface area contributed by atoms with E-state index in [1.807, 2.05) is 0 Å². The van der Waals surface area contributed by atoms with Gasteiger partial charge in [0.15, 0.2) is 0 Å². The smallest absolute Gasteiger partial charge is 0.253 e. The topological polar surface area (TPSA) is 49.4 Å². The highest BCUT2D eigenvalue weighted by Gasteiger charge is 2.18. The van der Waals surface area contributed by atoms with Crippen LogP contribution in [0.2, 0.25) is 0 Å². The molecule has 1 aromatic rings. The van der Waals surface area contributed by atoms with Crippen LogP contribution in [0.25, 0.3) is 0 Å². The summed E-state index contributed by atoms with van der Waals surface area (Å²) in [5.74, 6) is 0.585. The lowest BCUT2D eigenvalue weighted by Gasteiger charge is -2.12. The van der Waals surface area contributed by atoms with Gasteiger partial charge in [-0.1, -0.05) is 12.8 Å². The fraction of sp³-hybridized carbons (Fsp3) is 0.500. The number of hydrogen-bond donors (Lipinski definition) is 1. The standard InChI is InChI=1S/C16H22N2O2/c1-18(2)16(20)13-7-9-14(10-8-13)17-15(19)11-12-5-3-4-6-12/h7-10,12H,3-6,11H2,1-2H3,(H,17,19). The van der Waals surface area contributed by atoms with Crippen molar-refractivity contribution < 1.29 is 9.59 Å². The Morgan fingerprint density at radius 3 is 2.30 bits per heavy atom. The van der Waals surface area contributed by atoms with Crippen molar-refractivity contribution in [3.05, 3.63) is 29.8 Å². The fourth-order valence-electron chi connectivity index (χ4n) is 2.64. The van der Waals surface area contributed by atoms with Crippen LogP contribution < -0.4 is 5.32 Å². The molecule has 108 valence electrons. The zero-order valence-electron chi connectivity index (χ0n) is 12.2. The third-order valence-corrected chi connectivity index (χ3v) is 3.77. The van der Waals surface area contributed by atoms with Crippen molar-refractivity contribution in [2.75, 3.05) is 19.4 Å². The quantitative estimate of drug-likeness (QED) is 0.917. The lowest BCUT2D eigenvalue weighted by molar-refractivity contribution is -0.117. The molecule has 0 bridgehead atoms. The third-order valence-electron chi connectivity index (χ3n) is 3.77. The molecule has 1 aliphatic rings. The van der Waals surface area contributed by atoms with Crippen LogP contribution in [0.5, 0.6) is 0 Å². The molecule has 1 saturated carbocycles. The zero-order chi connectivity index (χ0) is 14.5. The summed E-state index contributed by atoms with van der Waals surface area (Å²) in [7, 11) is 3.44. The SMILES string of the molecule is CN(C)C(=O)c1ccc(NC(=O)CC2CCCC2)cc1. The highest BCUT2D eigenvalue weighted by atomic mass is 16.2. The van der Waals surface area contributed by atoms with Gasteiger partial charge < -0.3 is 10.2 Å². The van der Waals surface area contributed by atoms with Crippen molar-refractivity contribution >= 4 is 17.5 Å². The summed E-state index contributed by atoms with van der Waals surface area (Å²) >= 11 is 0. The average molecular weight is 274 g/mol. The molecule has 1 aromatic carbocycles. The average Bonchev–Trinajstić information content (AvgIpc) is 2.91. The second-order valence-corrected chi connectivity index (χ2v) is 5.68. The first-order valence-corrected chi connectivity index (χ1v) is 7.18. The van der Waals surface area contributed by atoms with E-state index < -0.39 is 0 Å². The summed E-state index contributed by atoms with van der Waals surface area (Å²) in [4.78, 5) is 25.2. The Balaban J connectivity index is 1.89. The van der Waals surface area contributed by atoms with Gasteiger partial charge in [-0.05, 0) is 43.0 Å². The van der Waals surface area contributed by atoms with Gasteiger partial charge in [0.2, 0.25) is 5.91 Å². The molecule has 0 atom stereocenters. The molecule has 0 unspecified atom stereocenters. The minimum atomic E-state index is -0.0335. The summed E-state index contributed by atoms with van der Waals surface area (Å²) in [5, 5.41) is 2.90. The van der Waals surface area contributed by atoms with Crippen molar-refractivity contribution in [2.45, 2.75) is 32.1 Å². The van der Waals surface area contributed by atoms with Gasteiger partial charge in [-0.15, -0.1) is 0 Å². The molecule has 0 saturated heterocycles. The van der Waals surface area contributed by atoms with Gasteiger partial charge in [-0.3, -0.25) is 9.59 Å². The van der Waals surface area contributed by atoms with Crippen LogP contribution in [0, 0.1) is 5.92 Å². The van der Waals surface area contributed by atoms with E-state index in [4.69, 9.17) is 0 Å². The molecule has 0 heterocycles. The molecule has 4 heteroatoms. The van der Waals surface area contributed by atoms with E-state index in [9.17, 15) is 9.59 Å². The van der Waals surface area contributed by atoms with E-state index in [0.29, 0.717) is 17.9 Å².